The second-order valence-electron chi connectivity index (χ2n) is 2.96. The van der Waals surface area contributed by atoms with E-state index in [4.69, 9.17) is 5.11 Å². The Labute approximate surface area is 82.1 Å². The molecule has 0 fully saturated rings. The summed E-state index contributed by atoms with van der Waals surface area (Å²) in [7, 11) is 0. The van der Waals surface area contributed by atoms with Crippen LogP contribution in [0.25, 0.3) is 0 Å². The van der Waals surface area contributed by atoms with Gasteiger partial charge in [-0.1, -0.05) is 6.07 Å². The maximum atomic E-state index is 12.9. The summed E-state index contributed by atoms with van der Waals surface area (Å²) < 4.78 is 61.5. The van der Waals surface area contributed by atoms with Gasteiger partial charge in [0.25, 0.3) is 0 Å². The summed E-state index contributed by atoms with van der Waals surface area (Å²) in [5, 5.41) is 8.63. The van der Waals surface area contributed by atoms with Crippen LogP contribution in [-0.2, 0) is 6.42 Å². The van der Waals surface area contributed by atoms with Gasteiger partial charge in [-0.15, -0.1) is 0 Å². The summed E-state index contributed by atoms with van der Waals surface area (Å²) in [5.74, 6) is -2.20. The molecule has 0 saturated heterocycles. The van der Waals surface area contributed by atoms with Gasteiger partial charge in [0.05, 0.1) is 0 Å². The Balaban J connectivity index is 2.90. The second kappa shape index (κ2) is 4.14. The molecule has 0 radical (unpaired) electrons. The molecule has 1 nitrogen and oxygen atoms in total. The summed E-state index contributed by atoms with van der Waals surface area (Å²) >= 11 is 0. The zero-order valence-electron chi connectivity index (χ0n) is 7.35. The van der Waals surface area contributed by atoms with E-state index in [1.54, 1.807) is 0 Å². The standard InChI is InChI=1S/C9H7F5O/c10-6-2-1-3-7(11)5(6)4-8(15)9(12,13)14/h1-3,8,15H,4H2/t8-/m0/s1. The molecule has 15 heavy (non-hydrogen) atoms. The summed E-state index contributed by atoms with van der Waals surface area (Å²) in [6.07, 6.45) is -8.76. The lowest BCUT2D eigenvalue weighted by Crippen LogP contribution is -2.31. The molecule has 1 rings (SSSR count). The Hall–Kier alpha value is -1.17. The van der Waals surface area contributed by atoms with E-state index in [9.17, 15) is 22.0 Å². The Morgan fingerprint density at radius 1 is 1.13 bits per heavy atom. The first kappa shape index (κ1) is 11.9. The van der Waals surface area contributed by atoms with Crippen LogP contribution in [0.1, 0.15) is 5.56 Å². The lowest BCUT2D eigenvalue weighted by Gasteiger charge is -2.14. The molecule has 84 valence electrons. The minimum atomic E-state index is -4.88. The van der Waals surface area contributed by atoms with Gasteiger partial charge in [-0.3, -0.25) is 0 Å². The SMILES string of the molecule is O[C@@H](Cc1c(F)cccc1F)C(F)(F)F. The van der Waals surface area contributed by atoms with Crippen molar-refractivity contribution >= 4 is 0 Å². The van der Waals surface area contributed by atoms with Crippen LogP contribution in [0.5, 0.6) is 0 Å². The lowest BCUT2D eigenvalue weighted by molar-refractivity contribution is -0.203. The van der Waals surface area contributed by atoms with Crippen LogP contribution in [-0.4, -0.2) is 17.4 Å². The van der Waals surface area contributed by atoms with E-state index in [-0.39, 0.29) is 0 Å². The van der Waals surface area contributed by atoms with E-state index >= 15 is 0 Å². The molecule has 0 aliphatic heterocycles. The van der Waals surface area contributed by atoms with E-state index in [0.717, 1.165) is 18.2 Å². The van der Waals surface area contributed by atoms with Crippen molar-refractivity contribution in [3.63, 3.8) is 0 Å². The van der Waals surface area contributed by atoms with Crippen LogP contribution in [0.3, 0.4) is 0 Å². The van der Waals surface area contributed by atoms with Crippen molar-refractivity contribution in [1.29, 1.82) is 0 Å². The first-order chi connectivity index (χ1) is 6.82. The molecule has 1 atom stereocenters. The van der Waals surface area contributed by atoms with Crippen molar-refractivity contribution in [2.24, 2.45) is 0 Å². The molecule has 0 saturated carbocycles. The predicted molar refractivity (Wildman–Crippen MR) is 42.1 cm³/mol. The van der Waals surface area contributed by atoms with Crippen LogP contribution in [0.2, 0.25) is 0 Å². The number of benzene rings is 1. The maximum absolute atomic E-state index is 12.9. The van der Waals surface area contributed by atoms with Gasteiger partial charge in [0.2, 0.25) is 0 Å². The van der Waals surface area contributed by atoms with E-state index in [2.05, 4.69) is 0 Å². The van der Waals surface area contributed by atoms with Crippen molar-refractivity contribution < 1.29 is 27.1 Å². The molecule has 1 aromatic rings. The number of rotatable bonds is 2. The van der Waals surface area contributed by atoms with E-state index < -0.39 is 35.9 Å². The van der Waals surface area contributed by atoms with Crippen molar-refractivity contribution in [3.05, 3.63) is 35.4 Å². The third-order valence-corrected chi connectivity index (χ3v) is 1.84. The fourth-order valence-corrected chi connectivity index (χ4v) is 1.04. The van der Waals surface area contributed by atoms with Gasteiger partial charge in [-0.2, -0.15) is 13.2 Å². The number of alkyl halides is 3. The number of halogens is 5. The Kier molecular flexibility index (Phi) is 3.28. The largest absolute Gasteiger partial charge is 0.414 e. The molecule has 6 heteroatoms. The zero-order valence-corrected chi connectivity index (χ0v) is 7.35. The molecule has 0 bridgehead atoms. The molecule has 0 aromatic heterocycles. The van der Waals surface area contributed by atoms with E-state index in [1.807, 2.05) is 0 Å². The Morgan fingerprint density at radius 2 is 1.60 bits per heavy atom. The first-order valence-electron chi connectivity index (χ1n) is 4.00. The quantitative estimate of drug-likeness (QED) is 0.768. The third-order valence-electron chi connectivity index (χ3n) is 1.84. The highest BCUT2D eigenvalue weighted by atomic mass is 19.4. The third kappa shape index (κ3) is 2.89. The minimum Gasteiger partial charge on any atom is -0.383 e. The molecule has 0 amide bonds. The number of aliphatic hydroxyl groups excluding tert-OH is 1. The highest BCUT2D eigenvalue weighted by Crippen LogP contribution is 2.24. The molecule has 0 spiro atoms. The number of hydrogen-bond acceptors (Lipinski definition) is 1. The lowest BCUT2D eigenvalue weighted by atomic mass is 10.1. The van der Waals surface area contributed by atoms with Crippen LogP contribution in [0, 0.1) is 11.6 Å². The fraction of sp³-hybridized carbons (Fsp3) is 0.333. The molecule has 0 aliphatic carbocycles. The molecular formula is C9H7F5O. The van der Waals surface area contributed by atoms with E-state index in [0.29, 0.717) is 0 Å². The summed E-state index contributed by atoms with van der Waals surface area (Å²) in [5.41, 5.74) is -0.762. The Bertz CT molecular complexity index is 327. The average molecular weight is 226 g/mol. The van der Waals surface area contributed by atoms with Crippen molar-refractivity contribution in [1.82, 2.24) is 0 Å². The smallest absolute Gasteiger partial charge is 0.383 e. The molecule has 1 N–H and O–H groups in total. The van der Waals surface area contributed by atoms with E-state index in [1.165, 1.54) is 0 Å². The zero-order chi connectivity index (χ0) is 11.6. The highest BCUT2D eigenvalue weighted by molar-refractivity contribution is 5.20. The van der Waals surface area contributed by atoms with Gasteiger partial charge in [0.1, 0.15) is 11.6 Å². The van der Waals surface area contributed by atoms with Gasteiger partial charge >= 0.3 is 6.18 Å². The predicted octanol–water partition coefficient (Wildman–Crippen LogP) is 2.43. The Morgan fingerprint density at radius 3 is 2.00 bits per heavy atom. The first-order valence-corrected chi connectivity index (χ1v) is 4.00. The van der Waals surface area contributed by atoms with Crippen LogP contribution < -0.4 is 0 Å². The van der Waals surface area contributed by atoms with Gasteiger partial charge in [-0.05, 0) is 12.1 Å². The van der Waals surface area contributed by atoms with Crippen LogP contribution in [0.15, 0.2) is 18.2 Å². The van der Waals surface area contributed by atoms with Gasteiger partial charge in [0, 0.05) is 12.0 Å². The van der Waals surface area contributed by atoms with Gasteiger partial charge < -0.3 is 5.11 Å². The monoisotopic (exact) mass is 226 g/mol. The summed E-state index contributed by atoms with van der Waals surface area (Å²) in [4.78, 5) is 0. The summed E-state index contributed by atoms with van der Waals surface area (Å²) in [6.45, 7) is 0. The highest BCUT2D eigenvalue weighted by Gasteiger charge is 2.38. The average Bonchev–Trinajstić information content (AvgIpc) is 2.09. The second-order valence-corrected chi connectivity index (χ2v) is 2.96. The van der Waals surface area contributed by atoms with Crippen molar-refractivity contribution in [2.75, 3.05) is 0 Å². The van der Waals surface area contributed by atoms with Crippen molar-refractivity contribution in [2.45, 2.75) is 18.7 Å². The fourth-order valence-electron chi connectivity index (χ4n) is 1.04. The molecular weight excluding hydrogens is 219 g/mol. The van der Waals surface area contributed by atoms with Gasteiger partial charge in [0.15, 0.2) is 6.10 Å². The number of hydrogen-bond donors (Lipinski definition) is 1. The molecule has 0 aliphatic rings. The van der Waals surface area contributed by atoms with Gasteiger partial charge in [-0.25, -0.2) is 8.78 Å². The van der Waals surface area contributed by atoms with Crippen LogP contribution >= 0.6 is 0 Å². The van der Waals surface area contributed by atoms with Crippen molar-refractivity contribution in [3.8, 4) is 0 Å². The van der Waals surface area contributed by atoms with Crippen LogP contribution in [0.4, 0.5) is 22.0 Å². The topological polar surface area (TPSA) is 20.2 Å². The molecule has 1 aromatic carbocycles. The number of aliphatic hydroxyl groups is 1. The summed E-state index contributed by atoms with van der Waals surface area (Å²) in [6, 6.07) is 2.71. The normalized spacial score (nSPS) is 14.0. The molecule has 0 heterocycles. The minimum absolute atomic E-state index is 0.762. The molecule has 0 unspecified atom stereocenters. The maximum Gasteiger partial charge on any atom is 0.414 e.